The van der Waals surface area contributed by atoms with Gasteiger partial charge in [-0.1, -0.05) is 42.5 Å². The monoisotopic (exact) mass is 560 g/mol. The normalized spacial score (nSPS) is 22.9. The maximum absolute atomic E-state index is 13.7. The van der Waals surface area contributed by atoms with Gasteiger partial charge >= 0.3 is 0 Å². The number of hydrogen-bond acceptors (Lipinski definition) is 6. The Morgan fingerprint density at radius 2 is 1.80 bits per heavy atom. The molecular weight excluding hydrogens is 520 g/mol. The molecule has 3 aliphatic rings. The van der Waals surface area contributed by atoms with E-state index in [0.29, 0.717) is 71.9 Å². The second-order valence-corrected chi connectivity index (χ2v) is 11.1. The Morgan fingerprint density at radius 3 is 2.56 bits per heavy atom. The van der Waals surface area contributed by atoms with Crippen molar-refractivity contribution in [2.75, 3.05) is 59.5 Å². The lowest BCUT2D eigenvalue weighted by molar-refractivity contribution is -0.138. The van der Waals surface area contributed by atoms with E-state index >= 15 is 0 Å². The number of para-hydroxylation sites is 1. The second-order valence-electron chi connectivity index (χ2n) is 11.1. The predicted molar refractivity (Wildman–Crippen MR) is 155 cm³/mol. The van der Waals surface area contributed by atoms with Crippen molar-refractivity contribution in [3.63, 3.8) is 0 Å². The summed E-state index contributed by atoms with van der Waals surface area (Å²) in [6.07, 6.45) is 6.25. The third-order valence-electron chi connectivity index (χ3n) is 8.42. The van der Waals surface area contributed by atoms with Crippen molar-refractivity contribution < 1.29 is 23.9 Å². The van der Waals surface area contributed by atoms with Gasteiger partial charge in [-0.05, 0) is 42.0 Å². The van der Waals surface area contributed by atoms with E-state index in [4.69, 9.17) is 9.47 Å². The Labute approximate surface area is 242 Å². The van der Waals surface area contributed by atoms with E-state index in [1.54, 1.807) is 12.0 Å². The third-order valence-corrected chi connectivity index (χ3v) is 8.42. The van der Waals surface area contributed by atoms with Crippen LogP contribution in [0, 0.1) is 11.8 Å². The lowest BCUT2D eigenvalue weighted by Gasteiger charge is -2.39. The summed E-state index contributed by atoms with van der Waals surface area (Å²) in [6.45, 7) is 5.47. The van der Waals surface area contributed by atoms with Crippen LogP contribution in [0.4, 0.5) is 0 Å². The molecule has 0 N–H and O–H groups in total. The van der Waals surface area contributed by atoms with Crippen molar-refractivity contribution >= 4 is 18.2 Å². The van der Waals surface area contributed by atoms with E-state index in [2.05, 4.69) is 17.0 Å². The number of benzene rings is 2. The number of ether oxygens (including phenoxy) is 2. The molecular formula is C32H40N4O5. The Hall–Kier alpha value is -3.85. The molecule has 0 saturated carbocycles. The van der Waals surface area contributed by atoms with Gasteiger partial charge in [-0.2, -0.15) is 0 Å². The second kappa shape index (κ2) is 13.7. The van der Waals surface area contributed by atoms with Crippen LogP contribution >= 0.6 is 0 Å². The van der Waals surface area contributed by atoms with Crippen molar-refractivity contribution in [3.8, 4) is 11.5 Å². The highest BCUT2D eigenvalue weighted by atomic mass is 16.5. The van der Waals surface area contributed by atoms with Crippen molar-refractivity contribution in [3.05, 3.63) is 71.8 Å². The first-order chi connectivity index (χ1) is 20.0. The highest BCUT2D eigenvalue weighted by Crippen LogP contribution is 2.30. The first kappa shape index (κ1) is 28.7. The van der Waals surface area contributed by atoms with Crippen LogP contribution in [0.2, 0.25) is 0 Å². The number of methoxy groups -OCH3 is 1. The summed E-state index contributed by atoms with van der Waals surface area (Å²) in [7, 11) is 1.65. The van der Waals surface area contributed by atoms with Gasteiger partial charge in [-0.3, -0.25) is 19.3 Å². The Bertz CT molecular complexity index is 1220. The van der Waals surface area contributed by atoms with Gasteiger partial charge in [0, 0.05) is 64.3 Å². The van der Waals surface area contributed by atoms with Gasteiger partial charge in [0.1, 0.15) is 18.1 Å². The van der Waals surface area contributed by atoms with Crippen LogP contribution in [0.5, 0.6) is 11.5 Å². The zero-order valence-corrected chi connectivity index (χ0v) is 23.8. The molecule has 2 bridgehead atoms. The maximum Gasteiger partial charge on any atom is 0.236 e. The highest BCUT2D eigenvalue weighted by Gasteiger charge is 2.33. The Balaban J connectivity index is 1.31. The van der Waals surface area contributed by atoms with Gasteiger partial charge in [0.05, 0.1) is 13.7 Å². The van der Waals surface area contributed by atoms with E-state index in [1.165, 1.54) is 0 Å². The van der Waals surface area contributed by atoms with E-state index < -0.39 is 0 Å². The minimum Gasteiger partial charge on any atom is -0.497 e. The van der Waals surface area contributed by atoms with E-state index in [9.17, 15) is 14.4 Å². The number of carbonyl (C=O) groups excluding carboxylic acids is 3. The van der Waals surface area contributed by atoms with Gasteiger partial charge in [-0.25, -0.2) is 0 Å². The molecule has 9 heteroatoms. The van der Waals surface area contributed by atoms with Crippen LogP contribution in [0.15, 0.2) is 60.7 Å². The predicted octanol–water partition coefficient (Wildman–Crippen LogP) is 2.80. The molecule has 3 heterocycles. The number of piperidine rings is 1. The van der Waals surface area contributed by atoms with Gasteiger partial charge in [-0.15, -0.1) is 0 Å². The van der Waals surface area contributed by atoms with Crippen molar-refractivity contribution in [2.45, 2.75) is 25.9 Å². The average Bonchev–Trinajstić information content (AvgIpc) is 3.01. The molecule has 3 amide bonds. The number of hydrogen-bond donors (Lipinski definition) is 0. The number of carbonyl (C=O) groups is 3. The quantitative estimate of drug-likeness (QED) is 0.399. The molecule has 0 aromatic heterocycles. The first-order valence-corrected chi connectivity index (χ1v) is 14.5. The first-order valence-electron chi connectivity index (χ1n) is 14.5. The molecule has 2 fully saturated rings. The van der Waals surface area contributed by atoms with Crippen LogP contribution < -0.4 is 9.47 Å². The molecule has 2 aromatic carbocycles. The number of amides is 3. The molecule has 3 aliphatic heterocycles. The molecule has 5 rings (SSSR count). The number of nitrogens with zero attached hydrogens (tertiary/aromatic N) is 4. The highest BCUT2D eigenvalue weighted by molar-refractivity contribution is 5.79. The van der Waals surface area contributed by atoms with Gasteiger partial charge < -0.3 is 24.2 Å². The van der Waals surface area contributed by atoms with Crippen LogP contribution in [-0.4, -0.2) is 97.4 Å². The average molecular weight is 561 g/mol. The summed E-state index contributed by atoms with van der Waals surface area (Å²) in [4.78, 5) is 45.6. The molecule has 41 heavy (non-hydrogen) atoms. The van der Waals surface area contributed by atoms with E-state index in [-0.39, 0.29) is 23.7 Å². The summed E-state index contributed by atoms with van der Waals surface area (Å²) in [6, 6.07) is 16.0. The van der Waals surface area contributed by atoms with Crippen molar-refractivity contribution in [1.82, 2.24) is 19.6 Å². The SMILES string of the molecule is COc1ccc(CN2CC(=O)N3CC[C@@H](CC(=O)N4CCN(C=O)CC4)[C@@H](/C=C/COc4ccccc4C2)C3)cc1. The van der Waals surface area contributed by atoms with Crippen molar-refractivity contribution in [2.24, 2.45) is 11.8 Å². The third kappa shape index (κ3) is 7.47. The summed E-state index contributed by atoms with van der Waals surface area (Å²) >= 11 is 0. The summed E-state index contributed by atoms with van der Waals surface area (Å²) in [5, 5.41) is 0. The molecule has 2 aromatic rings. The molecule has 9 nitrogen and oxygen atoms in total. The lowest BCUT2D eigenvalue weighted by Crippen LogP contribution is -2.50. The number of rotatable bonds is 6. The zero-order valence-electron chi connectivity index (χ0n) is 23.8. The van der Waals surface area contributed by atoms with Crippen LogP contribution in [0.3, 0.4) is 0 Å². The zero-order chi connectivity index (χ0) is 28.6. The van der Waals surface area contributed by atoms with Gasteiger partial charge in [0.25, 0.3) is 0 Å². The summed E-state index contributed by atoms with van der Waals surface area (Å²) in [5.74, 6) is 2.07. The fourth-order valence-electron chi connectivity index (χ4n) is 5.99. The standard InChI is InChI=1S/C32H40N4O5/c1-40-29-10-8-25(9-11-29)20-34-21-28-5-2-3-7-30(28)41-18-4-6-27-22-36(32(39)23-34)13-12-26(27)19-31(38)35-16-14-33(24-37)15-17-35/h2-11,24,26-27H,12-23H2,1H3/b6-4+/t26-,27-/m0/s1. The molecule has 0 unspecified atom stereocenters. The topological polar surface area (TPSA) is 82.6 Å². The summed E-state index contributed by atoms with van der Waals surface area (Å²) < 4.78 is 11.5. The Kier molecular flexibility index (Phi) is 9.56. The minimum atomic E-state index is 0.0718. The van der Waals surface area contributed by atoms with Crippen molar-refractivity contribution in [1.29, 1.82) is 0 Å². The largest absolute Gasteiger partial charge is 0.497 e. The van der Waals surface area contributed by atoms with E-state index in [1.807, 2.05) is 58.3 Å². The van der Waals surface area contributed by atoms with Crippen LogP contribution in [0.25, 0.3) is 0 Å². The molecule has 0 spiro atoms. The number of fused-ring (bicyclic) bond motifs is 3. The fourth-order valence-corrected chi connectivity index (χ4v) is 5.99. The Morgan fingerprint density at radius 1 is 1.02 bits per heavy atom. The molecule has 0 radical (unpaired) electrons. The fraction of sp³-hybridized carbons (Fsp3) is 0.469. The maximum atomic E-state index is 13.7. The van der Waals surface area contributed by atoms with E-state index in [0.717, 1.165) is 35.5 Å². The minimum absolute atomic E-state index is 0.0718. The van der Waals surface area contributed by atoms with Gasteiger partial charge in [0.2, 0.25) is 18.2 Å². The molecule has 218 valence electrons. The lowest BCUT2D eigenvalue weighted by atomic mass is 9.82. The van der Waals surface area contributed by atoms with Crippen LogP contribution in [0.1, 0.15) is 24.0 Å². The summed E-state index contributed by atoms with van der Waals surface area (Å²) in [5.41, 5.74) is 2.14. The van der Waals surface area contributed by atoms with Gasteiger partial charge in [0.15, 0.2) is 0 Å². The smallest absolute Gasteiger partial charge is 0.236 e. The number of piperazine rings is 1. The molecule has 0 aliphatic carbocycles. The molecule has 2 saturated heterocycles. The molecule has 2 atom stereocenters. The van der Waals surface area contributed by atoms with Crippen LogP contribution in [-0.2, 0) is 27.5 Å².